The van der Waals surface area contributed by atoms with E-state index in [4.69, 9.17) is 5.73 Å². The van der Waals surface area contributed by atoms with Crippen LogP contribution in [0.1, 0.15) is 20.3 Å². The van der Waals surface area contributed by atoms with Crippen molar-refractivity contribution in [2.45, 2.75) is 32.7 Å². The molecule has 4 nitrogen and oxygen atoms in total. The fourth-order valence-corrected chi connectivity index (χ4v) is 1.51. The summed E-state index contributed by atoms with van der Waals surface area (Å²) >= 11 is 0. The molecule has 2 unspecified atom stereocenters. The summed E-state index contributed by atoms with van der Waals surface area (Å²) in [6.07, 6.45) is -4.04. The summed E-state index contributed by atoms with van der Waals surface area (Å²) in [4.78, 5) is 11.8. The molecule has 1 rings (SSSR count). The van der Waals surface area contributed by atoms with Gasteiger partial charge in [-0.1, -0.05) is 26.3 Å². The zero-order valence-corrected chi connectivity index (χ0v) is 12.4. The topological polar surface area (TPSA) is 64.4 Å². The van der Waals surface area contributed by atoms with Crippen LogP contribution < -0.4 is 15.8 Å². The highest BCUT2D eigenvalue weighted by molar-refractivity contribution is 5.95. The van der Waals surface area contributed by atoms with Crippen molar-refractivity contribution in [3.63, 3.8) is 0 Å². The maximum atomic E-state index is 12.1. The van der Waals surface area contributed by atoms with Gasteiger partial charge in [0.15, 0.2) is 0 Å². The molecule has 0 heterocycles. The van der Waals surface area contributed by atoms with Crippen LogP contribution in [0.15, 0.2) is 24.3 Å². The first-order chi connectivity index (χ1) is 9.23. The lowest BCUT2D eigenvalue weighted by molar-refractivity contribution is -0.274. The Bertz CT molecular complexity index is 469. The van der Waals surface area contributed by atoms with Crippen LogP contribution in [-0.4, -0.2) is 18.3 Å². The van der Waals surface area contributed by atoms with E-state index in [0.717, 1.165) is 18.6 Å². The normalized spacial score (nSPS) is 13.8. The van der Waals surface area contributed by atoms with Gasteiger partial charge >= 0.3 is 6.36 Å². The average molecular weight is 327 g/mol. The summed E-state index contributed by atoms with van der Waals surface area (Å²) in [6, 6.07) is 4.34. The largest absolute Gasteiger partial charge is 0.573 e. The van der Waals surface area contributed by atoms with E-state index in [0.29, 0.717) is 0 Å². The van der Waals surface area contributed by atoms with Gasteiger partial charge in [0.2, 0.25) is 5.91 Å². The van der Waals surface area contributed by atoms with Gasteiger partial charge in [-0.05, 0) is 18.1 Å². The van der Waals surface area contributed by atoms with Crippen molar-refractivity contribution in [3.8, 4) is 5.75 Å². The van der Waals surface area contributed by atoms with Crippen LogP contribution in [0.5, 0.6) is 5.75 Å². The van der Waals surface area contributed by atoms with Gasteiger partial charge in [0.1, 0.15) is 5.75 Å². The maximum Gasteiger partial charge on any atom is 0.573 e. The van der Waals surface area contributed by atoms with Crippen LogP contribution >= 0.6 is 12.4 Å². The van der Waals surface area contributed by atoms with Crippen molar-refractivity contribution < 1.29 is 22.7 Å². The number of hydrogen-bond donors (Lipinski definition) is 2. The molecule has 8 heteroatoms. The van der Waals surface area contributed by atoms with E-state index in [1.807, 2.05) is 13.8 Å². The molecule has 120 valence electrons. The second kappa shape index (κ2) is 8.09. The summed E-state index contributed by atoms with van der Waals surface area (Å²) < 4.78 is 40.0. The molecular formula is C13H18ClF3N2O2. The number of halogens is 4. The summed E-state index contributed by atoms with van der Waals surface area (Å²) in [5.74, 6) is -0.861. The standard InChI is InChI=1S/C13H17F3N2O2.ClH/c1-3-8(2)11(17)12(19)18-9-5-4-6-10(7-9)20-13(14,15)16;/h4-8,11H,3,17H2,1-2H3,(H,18,19);1H. The zero-order chi connectivity index (χ0) is 15.3. The van der Waals surface area contributed by atoms with Gasteiger partial charge < -0.3 is 15.8 Å². The van der Waals surface area contributed by atoms with Gasteiger partial charge in [-0.3, -0.25) is 4.79 Å². The van der Waals surface area contributed by atoms with Crippen LogP contribution in [0.25, 0.3) is 0 Å². The third kappa shape index (κ3) is 6.68. The molecule has 3 N–H and O–H groups in total. The molecule has 0 bridgehead atoms. The number of ether oxygens (including phenoxy) is 1. The molecule has 1 aromatic rings. The first kappa shape index (κ1) is 19.5. The van der Waals surface area contributed by atoms with E-state index in [1.165, 1.54) is 12.1 Å². The number of benzene rings is 1. The second-order valence-corrected chi connectivity index (χ2v) is 4.48. The Morgan fingerprint density at radius 1 is 1.43 bits per heavy atom. The Hall–Kier alpha value is -1.47. The molecule has 0 aliphatic rings. The monoisotopic (exact) mass is 326 g/mol. The Balaban J connectivity index is 0.00000400. The van der Waals surface area contributed by atoms with Crippen molar-refractivity contribution in [1.29, 1.82) is 0 Å². The quantitative estimate of drug-likeness (QED) is 0.872. The predicted octanol–water partition coefficient (Wildman–Crippen LogP) is 3.32. The van der Waals surface area contributed by atoms with Crippen LogP contribution in [-0.2, 0) is 4.79 Å². The number of anilines is 1. The minimum absolute atomic E-state index is 0. The van der Waals surface area contributed by atoms with Crippen molar-refractivity contribution >= 4 is 24.0 Å². The van der Waals surface area contributed by atoms with E-state index in [-0.39, 0.29) is 24.0 Å². The van der Waals surface area contributed by atoms with E-state index in [9.17, 15) is 18.0 Å². The van der Waals surface area contributed by atoms with Crippen molar-refractivity contribution in [3.05, 3.63) is 24.3 Å². The molecule has 1 amide bonds. The number of carbonyl (C=O) groups excluding carboxylic acids is 1. The van der Waals surface area contributed by atoms with Gasteiger partial charge in [0.25, 0.3) is 0 Å². The number of alkyl halides is 3. The smallest absolute Gasteiger partial charge is 0.406 e. The summed E-state index contributed by atoms with van der Waals surface area (Å²) in [6.45, 7) is 3.73. The Morgan fingerprint density at radius 2 is 2.05 bits per heavy atom. The van der Waals surface area contributed by atoms with Gasteiger partial charge in [-0.2, -0.15) is 0 Å². The lowest BCUT2D eigenvalue weighted by Crippen LogP contribution is -2.40. The lowest BCUT2D eigenvalue weighted by Gasteiger charge is -2.18. The zero-order valence-electron chi connectivity index (χ0n) is 11.6. The summed E-state index contributed by atoms with van der Waals surface area (Å²) in [5.41, 5.74) is 5.94. The highest BCUT2D eigenvalue weighted by atomic mass is 35.5. The first-order valence-corrected chi connectivity index (χ1v) is 6.15. The third-order valence-corrected chi connectivity index (χ3v) is 2.89. The molecule has 0 aliphatic carbocycles. The lowest BCUT2D eigenvalue weighted by atomic mass is 9.99. The highest BCUT2D eigenvalue weighted by Crippen LogP contribution is 2.25. The van der Waals surface area contributed by atoms with E-state index in [2.05, 4.69) is 10.1 Å². The summed E-state index contributed by atoms with van der Waals surface area (Å²) in [7, 11) is 0. The first-order valence-electron chi connectivity index (χ1n) is 6.15. The number of rotatable bonds is 5. The second-order valence-electron chi connectivity index (χ2n) is 4.48. The Labute approximate surface area is 127 Å². The number of nitrogens with one attached hydrogen (secondary N) is 1. The van der Waals surface area contributed by atoms with E-state index in [1.54, 1.807) is 0 Å². The number of amides is 1. The number of hydrogen-bond acceptors (Lipinski definition) is 3. The number of nitrogens with two attached hydrogens (primary N) is 1. The summed E-state index contributed by atoms with van der Waals surface area (Å²) in [5, 5.41) is 2.47. The molecule has 0 saturated carbocycles. The molecule has 0 spiro atoms. The van der Waals surface area contributed by atoms with Crippen LogP contribution in [0.2, 0.25) is 0 Å². The van der Waals surface area contributed by atoms with Crippen molar-refractivity contribution in [2.75, 3.05) is 5.32 Å². The van der Waals surface area contributed by atoms with Crippen LogP contribution in [0.3, 0.4) is 0 Å². The minimum Gasteiger partial charge on any atom is -0.406 e. The minimum atomic E-state index is -4.77. The average Bonchev–Trinajstić information content (AvgIpc) is 2.35. The van der Waals surface area contributed by atoms with E-state index >= 15 is 0 Å². The van der Waals surface area contributed by atoms with Crippen molar-refractivity contribution in [1.82, 2.24) is 0 Å². The van der Waals surface area contributed by atoms with Gasteiger partial charge in [-0.25, -0.2) is 0 Å². The predicted molar refractivity (Wildman–Crippen MR) is 76.4 cm³/mol. The van der Waals surface area contributed by atoms with Gasteiger partial charge in [0, 0.05) is 11.8 Å². The van der Waals surface area contributed by atoms with Crippen LogP contribution in [0.4, 0.5) is 18.9 Å². The molecular weight excluding hydrogens is 309 g/mol. The SMILES string of the molecule is CCC(C)C(N)C(=O)Nc1cccc(OC(F)(F)F)c1.Cl. The molecule has 0 fully saturated rings. The molecule has 0 aliphatic heterocycles. The van der Waals surface area contributed by atoms with Crippen molar-refractivity contribution in [2.24, 2.45) is 11.7 Å². The molecule has 21 heavy (non-hydrogen) atoms. The Morgan fingerprint density at radius 3 is 2.57 bits per heavy atom. The fourth-order valence-electron chi connectivity index (χ4n) is 1.51. The third-order valence-electron chi connectivity index (χ3n) is 2.89. The molecule has 0 aromatic heterocycles. The fraction of sp³-hybridized carbons (Fsp3) is 0.462. The molecule has 1 aromatic carbocycles. The molecule has 0 radical (unpaired) electrons. The van der Waals surface area contributed by atoms with Gasteiger partial charge in [-0.15, -0.1) is 25.6 Å². The van der Waals surface area contributed by atoms with E-state index < -0.39 is 24.1 Å². The number of carbonyl (C=O) groups is 1. The Kier molecular flexibility index (Phi) is 7.52. The molecule has 2 atom stereocenters. The highest BCUT2D eigenvalue weighted by Gasteiger charge is 2.31. The maximum absolute atomic E-state index is 12.1. The van der Waals surface area contributed by atoms with Crippen LogP contribution in [0, 0.1) is 5.92 Å². The van der Waals surface area contributed by atoms with Gasteiger partial charge in [0.05, 0.1) is 6.04 Å². The molecule has 0 saturated heterocycles.